The average Bonchev–Trinajstić information content (AvgIpc) is 3.21. The molecule has 2 heterocycles. The number of aromatic amines is 1. The fraction of sp³-hybridized carbons (Fsp3) is 0.353. The quantitative estimate of drug-likeness (QED) is 0.900. The summed E-state index contributed by atoms with van der Waals surface area (Å²) in [4.78, 5) is 25.1. The molecule has 1 saturated heterocycles. The Hall–Kier alpha value is -2.70. The Bertz CT molecular complexity index is 759. The Morgan fingerprint density at radius 3 is 2.92 bits per heavy atom. The normalized spacial score (nSPS) is 17.1. The number of nitrogens with one attached hydrogen (secondary N) is 2. The first-order chi connectivity index (χ1) is 11.6. The highest BCUT2D eigenvalue weighted by Gasteiger charge is 2.33. The van der Waals surface area contributed by atoms with E-state index in [4.69, 9.17) is 0 Å². The van der Waals surface area contributed by atoms with E-state index in [1.807, 2.05) is 0 Å². The summed E-state index contributed by atoms with van der Waals surface area (Å²) < 4.78 is 14.1. The summed E-state index contributed by atoms with van der Waals surface area (Å²) in [6.45, 7) is 1.95. The number of hydrogen-bond acceptors (Lipinski definition) is 3. The lowest BCUT2D eigenvalue weighted by atomic mass is 10.0. The van der Waals surface area contributed by atoms with Crippen molar-refractivity contribution in [3.63, 3.8) is 0 Å². The van der Waals surface area contributed by atoms with Crippen LogP contribution in [0.3, 0.4) is 0 Å². The van der Waals surface area contributed by atoms with Crippen LogP contribution in [0.4, 0.5) is 4.39 Å². The van der Waals surface area contributed by atoms with Gasteiger partial charge in [-0.2, -0.15) is 5.10 Å². The predicted octanol–water partition coefficient (Wildman–Crippen LogP) is 2.02. The molecule has 1 aliphatic heterocycles. The summed E-state index contributed by atoms with van der Waals surface area (Å²) in [6.07, 6.45) is 3.21. The molecule has 7 heteroatoms. The zero-order chi connectivity index (χ0) is 17.1. The Kier molecular flexibility index (Phi) is 4.59. The SMILES string of the molecule is CC(=O)NCC(=O)N1CCC[C@H]1c1[nH]ncc1-c1ccccc1F. The molecule has 1 aromatic heterocycles. The molecule has 2 N–H and O–H groups in total. The van der Waals surface area contributed by atoms with Gasteiger partial charge in [-0.1, -0.05) is 18.2 Å². The molecule has 126 valence electrons. The van der Waals surface area contributed by atoms with E-state index in [-0.39, 0.29) is 30.2 Å². The van der Waals surface area contributed by atoms with Gasteiger partial charge >= 0.3 is 0 Å². The first-order valence-electron chi connectivity index (χ1n) is 7.90. The van der Waals surface area contributed by atoms with Crippen molar-refractivity contribution >= 4 is 11.8 Å². The van der Waals surface area contributed by atoms with Gasteiger partial charge in [0.1, 0.15) is 5.82 Å². The van der Waals surface area contributed by atoms with Crippen LogP contribution in [-0.2, 0) is 9.59 Å². The summed E-state index contributed by atoms with van der Waals surface area (Å²) >= 11 is 0. The molecule has 1 atom stereocenters. The highest BCUT2D eigenvalue weighted by Crippen LogP contribution is 2.37. The zero-order valence-corrected chi connectivity index (χ0v) is 13.4. The van der Waals surface area contributed by atoms with Gasteiger partial charge < -0.3 is 10.2 Å². The van der Waals surface area contributed by atoms with Crippen molar-refractivity contribution in [1.29, 1.82) is 0 Å². The number of benzene rings is 1. The van der Waals surface area contributed by atoms with Gasteiger partial charge in [-0.25, -0.2) is 4.39 Å². The predicted molar refractivity (Wildman–Crippen MR) is 86.4 cm³/mol. The van der Waals surface area contributed by atoms with Crippen molar-refractivity contribution in [3.8, 4) is 11.1 Å². The summed E-state index contributed by atoms with van der Waals surface area (Å²) in [5, 5.41) is 9.51. The van der Waals surface area contributed by atoms with Crippen LogP contribution >= 0.6 is 0 Å². The number of carbonyl (C=O) groups is 2. The molecule has 0 spiro atoms. The topological polar surface area (TPSA) is 78.1 Å². The lowest BCUT2D eigenvalue weighted by molar-refractivity contribution is -0.133. The van der Waals surface area contributed by atoms with Gasteiger partial charge in [0.05, 0.1) is 24.5 Å². The fourth-order valence-corrected chi connectivity index (χ4v) is 3.11. The van der Waals surface area contributed by atoms with Crippen LogP contribution in [-0.4, -0.2) is 40.0 Å². The fourth-order valence-electron chi connectivity index (χ4n) is 3.11. The van der Waals surface area contributed by atoms with Crippen molar-refractivity contribution in [2.45, 2.75) is 25.8 Å². The minimum absolute atomic E-state index is 0.0327. The van der Waals surface area contributed by atoms with Crippen LogP contribution in [0.15, 0.2) is 30.5 Å². The third-order valence-electron chi connectivity index (χ3n) is 4.23. The van der Waals surface area contributed by atoms with Gasteiger partial charge in [0, 0.05) is 24.6 Å². The largest absolute Gasteiger partial charge is 0.347 e. The van der Waals surface area contributed by atoms with E-state index < -0.39 is 0 Å². The van der Waals surface area contributed by atoms with E-state index in [9.17, 15) is 14.0 Å². The van der Waals surface area contributed by atoms with Gasteiger partial charge in [0.2, 0.25) is 11.8 Å². The lowest BCUT2D eigenvalue weighted by Crippen LogP contribution is -2.39. The molecular weight excluding hydrogens is 311 g/mol. The van der Waals surface area contributed by atoms with Gasteiger partial charge in [-0.15, -0.1) is 0 Å². The molecule has 1 fully saturated rings. The first kappa shape index (κ1) is 16.2. The molecule has 0 radical (unpaired) electrons. The molecule has 0 aliphatic carbocycles. The molecule has 6 nitrogen and oxygen atoms in total. The smallest absolute Gasteiger partial charge is 0.242 e. The molecule has 0 saturated carbocycles. The van der Waals surface area contributed by atoms with Gasteiger partial charge in [-0.3, -0.25) is 14.7 Å². The number of H-pyrrole nitrogens is 1. The maximum atomic E-state index is 14.1. The van der Waals surface area contributed by atoms with E-state index >= 15 is 0 Å². The minimum Gasteiger partial charge on any atom is -0.347 e. The van der Waals surface area contributed by atoms with Crippen molar-refractivity contribution in [1.82, 2.24) is 20.4 Å². The standard InChI is InChI=1S/C17H19FN4O2/c1-11(23)19-10-16(24)22-8-4-7-15(22)17-13(9-20-21-17)12-5-2-3-6-14(12)18/h2-3,5-6,9,15H,4,7-8,10H2,1H3,(H,19,23)(H,20,21)/t15-/m0/s1. The first-order valence-corrected chi connectivity index (χ1v) is 7.90. The third kappa shape index (κ3) is 3.15. The Labute approximate surface area is 139 Å². The van der Waals surface area contributed by atoms with Crippen LogP contribution in [0.1, 0.15) is 31.5 Å². The second-order valence-corrected chi connectivity index (χ2v) is 5.83. The number of nitrogens with zero attached hydrogens (tertiary/aromatic N) is 2. The Balaban J connectivity index is 1.87. The average molecular weight is 330 g/mol. The maximum Gasteiger partial charge on any atom is 0.242 e. The molecule has 2 amide bonds. The summed E-state index contributed by atoms with van der Waals surface area (Å²) in [7, 11) is 0. The molecule has 0 bridgehead atoms. The van der Waals surface area contributed by atoms with Crippen molar-refractivity contribution in [3.05, 3.63) is 42.0 Å². The number of halogens is 1. The van der Waals surface area contributed by atoms with Crippen LogP contribution in [0, 0.1) is 5.82 Å². The van der Waals surface area contributed by atoms with E-state index in [0.717, 1.165) is 18.5 Å². The monoisotopic (exact) mass is 330 g/mol. The van der Waals surface area contributed by atoms with Crippen molar-refractivity contribution in [2.75, 3.05) is 13.1 Å². The van der Waals surface area contributed by atoms with Crippen LogP contribution in [0.2, 0.25) is 0 Å². The van der Waals surface area contributed by atoms with Gasteiger partial charge in [0.25, 0.3) is 0 Å². The summed E-state index contributed by atoms with van der Waals surface area (Å²) in [5.41, 5.74) is 1.86. The lowest BCUT2D eigenvalue weighted by Gasteiger charge is -2.25. The summed E-state index contributed by atoms with van der Waals surface area (Å²) in [6, 6.07) is 6.31. The molecule has 0 unspecified atom stereocenters. The molecule has 1 aromatic carbocycles. The van der Waals surface area contributed by atoms with Gasteiger partial charge in [0.15, 0.2) is 0 Å². The Morgan fingerprint density at radius 2 is 2.17 bits per heavy atom. The molecule has 1 aliphatic rings. The number of amides is 2. The van der Waals surface area contributed by atoms with Crippen LogP contribution in [0.25, 0.3) is 11.1 Å². The second kappa shape index (κ2) is 6.82. The van der Waals surface area contributed by atoms with Crippen molar-refractivity contribution in [2.24, 2.45) is 0 Å². The van der Waals surface area contributed by atoms with E-state index in [2.05, 4.69) is 15.5 Å². The third-order valence-corrected chi connectivity index (χ3v) is 4.23. The zero-order valence-electron chi connectivity index (χ0n) is 13.4. The maximum absolute atomic E-state index is 14.1. The second-order valence-electron chi connectivity index (χ2n) is 5.83. The highest BCUT2D eigenvalue weighted by atomic mass is 19.1. The van der Waals surface area contributed by atoms with Crippen molar-refractivity contribution < 1.29 is 14.0 Å². The number of aromatic nitrogens is 2. The van der Waals surface area contributed by atoms with Crippen LogP contribution < -0.4 is 5.32 Å². The van der Waals surface area contributed by atoms with Crippen LogP contribution in [0.5, 0.6) is 0 Å². The summed E-state index contributed by atoms with van der Waals surface area (Å²) in [5.74, 6) is -0.719. The number of rotatable bonds is 4. The Morgan fingerprint density at radius 1 is 1.38 bits per heavy atom. The molecule has 3 rings (SSSR count). The molecule has 24 heavy (non-hydrogen) atoms. The van der Waals surface area contributed by atoms with E-state index in [1.165, 1.54) is 13.0 Å². The minimum atomic E-state index is -0.325. The molecule has 2 aromatic rings. The highest BCUT2D eigenvalue weighted by molar-refractivity contribution is 5.84. The number of hydrogen-bond donors (Lipinski definition) is 2. The number of carbonyl (C=O) groups excluding carboxylic acids is 2. The van der Waals surface area contributed by atoms with E-state index in [1.54, 1.807) is 29.3 Å². The molecular formula is C17H19FN4O2. The van der Waals surface area contributed by atoms with E-state index in [0.29, 0.717) is 17.7 Å². The number of likely N-dealkylation sites (tertiary alicyclic amines) is 1. The van der Waals surface area contributed by atoms with Gasteiger partial charge in [-0.05, 0) is 18.9 Å².